The van der Waals surface area contributed by atoms with Crippen LogP contribution in [0, 0.1) is 11.3 Å². The number of nitrogens with two attached hydrogens (primary N) is 1. The van der Waals surface area contributed by atoms with Crippen molar-refractivity contribution in [3.8, 4) is 17.6 Å². The Kier molecular flexibility index (Phi) is 2.21. The normalized spacial score (nSPS) is 10.4. The van der Waals surface area contributed by atoms with Crippen molar-refractivity contribution >= 4 is 16.7 Å². The summed E-state index contributed by atoms with van der Waals surface area (Å²) in [6, 6.07) is 11.0. The molecule has 0 saturated carbocycles. The molecule has 0 atom stereocenters. The third kappa shape index (κ3) is 1.66. The highest BCUT2D eigenvalue weighted by Gasteiger charge is 2.06. The molecular weight excluding hydrogens is 226 g/mol. The minimum absolute atomic E-state index is 0.527. The van der Waals surface area contributed by atoms with Gasteiger partial charge < -0.3 is 10.7 Å². The van der Waals surface area contributed by atoms with E-state index in [1.54, 1.807) is 18.2 Å². The van der Waals surface area contributed by atoms with E-state index in [0.29, 0.717) is 22.8 Å². The summed E-state index contributed by atoms with van der Waals surface area (Å²) in [5.74, 6) is 0.667. The minimum Gasteiger partial charge on any atom is -0.399 e. The van der Waals surface area contributed by atoms with E-state index in [1.807, 2.05) is 18.2 Å². The zero-order chi connectivity index (χ0) is 12.5. The number of nitrogens with one attached hydrogen (secondary N) is 1. The van der Waals surface area contributed by atoms with Gasteiger partial charge in [-0.15, -0.1) is 0 Å². The highest BCUT2D eigenvalue weighted by atomic mass is 14.9. The number of imidazole rings is 1. The van der Waals surface area contributed by atoms with Gasteiger partial charge in [-0.2, -0.15) is 5.26 Å². The predicted molar refractivity (Wildman–Crippen MR) is 68.5 cm³/mol. The Morgan fingerprint density at radius 1 is 1.22 bits per heavy atom. The molecule has 86 valence electrons. The van der Waals surface area contributed by atoms with Crippen molar-refractivity contribution in [2.24, 2.45) is 0 Å². The van der Waals surface area contributed by atoms with Crippen LogP contribution < -0.4 is 5.73 Å². The highest BCUT2D eigenvalue weighted by molar-refractivity contribution is 5.81. The number of aromatic amines is 1. The van der Waals surface area contributed by atoms with Crippen LogP contribution in [0.3, 0.4) is 0 Å². The quantitative estimate of drug-likeness (QED) is 0.631. The van der Waals surface area contributed by atoms with Crippen molar-refractivity contribution in [1.29, 1.82) is 5.26 Å². The molecule has 5 heteroatoms. The van der Waals surface area contributed by atoms with Crippen LogP contribution in [-0.2, 0) is 0 Å². The number of anilines is 1. The van der Waals surface area contributed by atoms with Crippen molar-refractivity contribution in [2.75, 3.05) is 5.73 Å². The van der Waals surface area contributed by atoms with E-state index in [4.69, 9.17) is 11.0 Å². The number of nitrogen functional groups attached to an aromatic ring is 1. The van der Waals surface area contributed by atoms with Crippen molar-refractivity contribution < 1.29 is 0 Å². The summed E-state index contributed by atoms with van der Waals surface area (Å²) in [7, 11) is 0. The summed E-state index contributed by atoms with van der Waals surface area (Å²) >= 11 is 0. The van der Waals surface area contributed by atoms with Crippen LogP contribution in [0.5, 0.6) is 0 Å². The number of aromatic nitrogens is 3. The largest absolute Gasteiger partial charge is 0.399 e. The van der Waals surface area contributed by atoms with Crippen LogP contribution in [0.1, 0.15) is 5.56 Å². The van der Waals surface area contributed by atoms with Crippen molar-refractivity contribution in [3.05, 3.63) is 42.1 Å². The smallest absolute Gasteiger partial charge is 0.157 e. The number of nitriles is 1. The van der Waals surface area contributed by atoms with Gasteiger partial charge in [-0.1, -0.05) is 0 Å². The molecule has 1 aromatic carbocycles. The van der Waals surface area contributed by atoms with E-state index < -0.39 is 0 Å². The molecule has 0 unspecified atom stereocenters. The second kappa shape index (κ2) is 3.86. The Labute approximate surface area is 103 Å². The van der Waals surface area contributed by atoms with Crippen molar-refractivity contribution in [3.63, 3.8) is 0 Å². The molecule has 0 radical (unpaired) electrons. The maximum absolute atomic E-state index is 8.72. The summed E-state index contributed by atoms with van der Waals surface area (Å²) in [5.41, 5.74) is 9.33. The summed E-state index contributed by atoms with van der Waals surface area (Å²) in [6.45, 7) is 0. The fourth-order valence-electron chi connectivity index (χ4n) is 1.75. The number of benzene rings is 1. The van der Waals surface area contributed by atoms with Crippen LogP contribution in [0.2, 0.25) is 0 Å². The molecule has 3 aromatic rings. The lowest BCUT2D eigenvalue weighted by molar-refractivity contribution is 1.23. The second-order valence-corrected chi connectivity index (χ2v) is 3.91. The zero-order valence-electron chi connectivity index (χ0n) is 9.38. The van der Waals surface area contributed by atoms with Gasteiger partial charge >= 0.3 is 0 Å². The fraction of sp³-hybridized carbons (Fsp3) is 0. The highest BCUT2D eigenvalue weighted by Crippen LogP contribution is 2.20. The van der Waals surface area contributed by atoms with Gasteiger partial charge in [-0.05, 0) is 30.3 Å². The fourth-order valence-corrected chi connectivity index (χ4v) is 1.75. The molecular formula is C13H9N5. The number of hydrogen-bond donors (Lipinski definition) is 2. The van der Waals surface area contributed by atoms with Gasteiger partial charge in [0.1, 0.15) is 11.8 Å². The summed E-state index contributed by atoms with van der Waals surface area (Å²) < 4.78 is 0. The maximum Gasteiger partial charge on any atom is 0.157 e. The van der Waals surface area contributed by atoms with Gasteiger partial charge in [0.05, 0.1) is 16.6 Å². The molecule has 18 heavy (non-hydrogen) atoms. The standard InChI is InChI=1S/C13H9N5/c14-6-8-1-3-11(16-7-8)13-17-10-4-2-9(15)5-12(10)18-13/h1-5,7H,15H2,(H,17,18). The number of hydrogen-bond acceptors (Lipinski definition) is 4. The molecule has 0 saturated heterocycles. The molecule has 0 aliphatic rings. The van der Waals surface area contributed by atoms with Crippen LogP contribution in [0.4, 0.5) is 5.69 Å². The number of H-pyrrole nitrogens is 1. The van der Waals surface area contributed by atoms with E-state index in [1.165, 1.54) is 6.20 Å². The molecule has 0 fully saturated rings. The summed E-state index contributed by atoms with van der Waals surface area (Å²) in [4.78, 5) is 11.8. The topological polar surface area (TPSA) is 91.4 Å². The van der Waals surface area contributed by atoms with Crippen LogP contribution in [0.15, 0.2) is 36.5 Å². The minimum atomic E-state index is 0.527. The lowest BCUT2D eigenvalue weighted by atomic mass is 10.2. The molecule has 0 bridgehead atoms. The lowest BCUT2D eigenvalue weighted by Crippen LogP contribution is -1.86. The first kappa shape index (κ1) is 10.3. The van der Waals surface area contributed by atoms with Crippen LogP contribution >= 0.6 is 0 Å². The number of pyridine rings is 1. The molecule has 0 spiro atoms. The first-order valence-corrected chi connectivity index (χ1v) is 5.38. The third-order valence-corrected chi connectivity index (χ3v) is 2.64. The first-order valence-electron chi connectivity index (χ1n) is 5.38. The van der Waals surface area contributed by atoms with Gasteiger partial charge in [0.15, 0.2) is 5.82 Å². The molecule has 0 amide bonds. The van der Waals surface area contributed by atoms with Gasteiger partial charge in [0, 0.05) is 11.9 Å². The Morgan fingerprint density at radius 2 is 2.11 bits per heavy atom. The molecule has 5 nitrogen and oxygen atoms in total. The average Bonchev–Trinajstić information content (AvgIpc) is 2.81. The lowest BCUT2D eigenvalue weighted by Gasteiger charge is -1.94. The molecule has 0 aliphatic carbocycles. The molecule has 0 aliphatic heterocycles. The summed E-state index contributed by atoms with van der Waals surface area (Å²) in [6.07, 6.45) is 1.52. The maximum atomic E-state index is 8.72. The average molecular weight is 235 g/mol. The van der Waals surface area contributed by atoms with E-state index in [9.17, 15) is 0 Å². The number of fused-ring (bicyclic) bond motifs is 1. The first-order chi connectivity index (χ1) is 8.76. The Bertz CT molecular complexity index is 749. The second-order valence-electron chi connectivity index (χ2n) is 3.91. The summed E-state index contributed by atoms with van der Waals surface area (Å²) in [5, 5.41) is 8.72. The van der Waals surface area contributed by atoms with E-state index >= 15 is 0 Å². The van der Waals surface area contributed by atoms with Gasteiger partial charge in [-0.3, -0.25) is 4.98 Å². The van der Waals surface area contributed by atoms with Crippen molar-refractivity contribution in [1.82, 2.24) is 15.0 Å². The van der Waals surface area contributed by atoms with Crippen LogP contribution in [-0.4, -0.2) is 15.0 Å². The van der Waals surface area contributed by atoms with E-state index in [-0.39, 0.29) is 0 Å². The van der Waals surface area contributed by atoms with Gasteiger partial charge in [0.25, 0.3) is 0 Å². The van der Waals surface area contributed by atoms with Gasteiger partial charge in [-0.25, -0.2) is 4.98 Å². The van der Waals surface area contributed by atoms with E-state index in [2.05, 4.69) is 15.0 Å². The Hall–Kier alpha value is -2.87. The van der Waals surface area contributed by atoms with Crippen LogP contribution in [0.25, 0.3) is 22.6 Å². The van der Waals surface area contributed by atoms with Crippen molar-refractivity contribution in [2.45, 2.75) is 0 Å². The zero-order valence-corrected chi connectivity index (χ0v) is 9.38. The number of nitrogens with zero attached hydrogens (tertiary/aromatic N) is 3. The predicted octanol–water partition coefficient (Wildman–Crippen LogP) is 2.08. The van der Waals surface area contributed by atoms with E-state index in [0.717, 1.165) is 11.0 Å². The molecule has 3 rings (SSSR count). The number of rotatable bonds is 1. The molecule has 2 aromatic heterocycles. The van der Waals surface area contributed by atoms with Gasteiger partial charge in [0.2, 0.25) is 0 Å². The monoisotopic (exact) mass is 235 g/mol. The Morgan fingerprint density at radius 3 is 2.83 bits per heavy atom. The molecule has 2 heterocycles. The SMILES string of the molecule is N#Cc1ccc(-c2nc3ccc(N)cc3[nH]2)nc1. The Balaban J connectivity index is 2.10. The third-order valence-electron chi connectivity index (χ3n) is 2.64. The molecule has 3 N–H and O–H groups in total.